The van der Waals surface area contributed by atoms with Gasteiger partial charge in [-0.2, -0.15) is 0 Å². The van der Waals surface area contributed by atoms with Crippen LogP contribution in [0.4, 0.5) is 5.69 Å². The molecule has 1 saturated carbocycles. The van der Waals surface area contributed by atoms with Crippen LogP contribution in [0.2, 0.25) is 0 Å². The highest BCUT2D eigenvalue weighted by atomic mass is 16.6. The zero-order valence-electron chi connectivity index (χ0n) is 10.8. The maximum absolute atomic E-state index is 10.9. The molecule has 0 spiro atoms. The first-order chi connectivity index (χ1) is 8.68. The Bertz CT molecular complexity index is 416. The number of benzene rings is 1. The van der Waals surface area contributed by atoms with Gasteiger partial charge in [-0.1, -0.05) is 37.5 Å². The van der Waals surface area contributed by atoms with E-state index in [2.05, 4.69) is 5.32 Å². The van der Waals surface area contributed by atoms with Crippen molar-refractivity contribution >= 4 is 5.69 Å². The van der Waals surface area contributed by atoms with Gasteiger partial charge in [0, 0.05) is 17.7 Å². The predicted octanol–water partition coefficient (Wildman–Crippen LogP) is 3.44. The summed E-state index contributed by atoms with van der Waals surface area (Å²) >= 11 is 0. The van der Waals surface area contributed by atoms with Crippen molar-refractivity contribution in [1.82, 2.24) is 5.32 Å². The van der Waals surface area contributed by atoms with Crippen LogP contribution in [0.1, 0.15) is 44.2 Å². The van der Waals surface area contributed by atoms with Crippen LogP contribution in [0.3, 0.4) is 0 Å². The van der Waals surface area contributed by atoms with Crippen LogP contribution < -0.4 is 5.32 Å². The van der Waals surface area contributed by atoms with Crippen molar-refractivity contribution in [3.63, 3.8) is 0 Å². The summed E-state index contributed by atoms with van der Waals surface area (Å²) in [4.78, 5) is 10.6. The minimum absolute atomic E-state index is 0.0340. The zero-order valence-corrected chi connectivity index (χ0v) is 10.8. The van der Waals surface area contributed by atoms with Crippen LogP contribution in [0.5, 0.6) is 0 Å². The fourth-order valence-corrected chi connectivity index (χ4v) is 2.42. The van der Waals surface area contributed by atoms with Gasteiger partial charge in [-0.15, -0.1) is 0 Å². The molecule has 1 fully saturated rings. The number of hydrogen-bond donors (Lipinski definition) is 1. The fourth-order valence-electron chi connectivity index (χ4n) is 2.42. The maximum Gasteiger partial charge on any atom is 0.274 e. The van der Waals surface area contributed by atoms with Gasteiger partial charge in [-0.3, -0.25) is 10.1 Å². The first-order valence-electron chi connectivity index (χ1n) is 6.65. The second-order valence-electron chi connectivity index (χ2n) is 5.08. The van der Waals surface area contributed by atoms with Crippen molar-refractivity contribution in [1.29, 1.82) is 0 Å². The van der Waals surface area contributed by atoms with Gasteiger partial charge in [0.1, 0.15) is 0 Å². The molecule has 2 rings (SSSR count). The zero-order chi connectivity index (χ0) is 13.0. The van der Waals surface area contributed by atoms with Crippen molar-refractivity contribution < 1.29 is 4.92 Å². The van der Waals surface area contributed by atoms with E-state index in [9.17, 15) is 10.1 Å². The van der Waals surface area contributed by atoms with Crippen molar-refractivity contribution in [2.75, 3.05) is 6.54 Å². The van der Waals surface area contributed by atoms with Crippen molar-refractivity contribution in [3.05, 3.63) is 39.9 Å². The van der Waals surface area contributed by atoms with Crippen LogP contribution in [0, 0.1) is 16.0 Å². The van der Waals surface area contributed by atoms with E-state index >= 15 is 0 Å². The lowest BCUT2D eigenvalue weighted by Crippen LogP contribution is -2.24. The summed E-state index contributed by atoms with van der Waals surface area (Å²) in [7, 11) is 0. The Balaban J connectivity index is 1.90. The van der Waals surface area contributed by atoms with Crippen LogP contribution in [-0.4, -0.2) is 11.5 Å². The number of para-hydroxylation sites is 1. The second kappa shape index (κ2) is 5.96. The molecule has 0 radical (unpaired) electrons. The van der Waals surface area contributed by atoms with Gasteiger partial charge in [-0.25, -0.2) is 0 Å². The molecule has 0 amide bonds. The number of nitro benzene ring substituents is 1. The van der Waals surface area contributed by atoms with Crippen LogP contribution in [-0.2, 0) is 0 Å². The number of hydrogen-bond acceptors (Lipinski definition) is 3. The van der Waals surface area contributed by atoms with Crippen LogP contribution >= 0.6 is 0 Å². The first kappa shape index (κ1) is 13.0. The van der Waals surface area contributed by atoms with Gasteiger partial charge in [-0.05, 0) is 25.8 Å². The highest BCUT2D eigenvalue weighted by Gasteiger charge is 2.19. The van der Waals surface area contributed by atoms with E-state index in [0.717, 1.165) is 18.0 Å². The molecule has 1 aromatic carbocycles. The lowest BCUT2D eigenvalue weighted by molar-refractivity contribution is -0.385. The summed E-state index contributed by atoms with van der Waals surface area (Å²) in [5.74, 6) is 0.871. The lowest BCUT2D eigenvalue weighted by atomic mass is 9.83. The third-order valence-corrected chi connectivity index (χ3v) is 3.83. The Morgan fingerprint density at radius 3 is 2.78 bits per heavy atom. The van der Waals surface area contributed by atoms with Crippen LogP contribution in [0.15, 0.2) is 24.3 Å². The van der Waals surface area contributed by atoms with Crippen molar-refractivity contribution in [2.24, 2.45) is 5.92 Å². The number of nitrogens with one attached hydrogen (secondary N) is 1. The molecule has 1 N–H and O–H groups in total. The summed E-state index contributed by atoms with van der Waals surface area (Å²) in [5, 5.41) is 14.3. The van der Waals surface area contributed by atoms with E-state index in [1.807, 2.05) is 19.1 Å². The Morgan fingerprint density at radius 2 is 2.17 bits per heavy atom. The van der Waals surface area contributed by atoms with Crippen LogP contribution in [0.25, 0.3) is 0 Å². The van der Waals surface area contributed by atoms with E-state index in [0.29, 0.717) is 0 Å². The van der Waals surface area contributed by atoms with Gasteiger partial charge in [0.05, 0.1) is 4.92 Å². The topological polar surface area (TPSA) is 55.2 Å². The molecule has 0 bridgehead atoms. The smallest absolute Gasteiger partial charge is 0.274 e. The third-order valence-electron chi connectivity index (χ3n) is 3.83. The van der Waals surface area contributed by atoms with E-state index in [1.54, 1.807) is 12.1 Å². The molecule has 1 aromatic rings. The van der Waals surface area contributed by atoms with E-state index in [-0.39, 0.29) is 16.7 Å². The fraction of sp³-hybridized carbons (Fsp3) is 0.571. The highest BCUT2D eigenvalue weighted by molar-refractivity contribution is 5.41. The number of nitrogens with zero attached hydrogens (tertiary/aromatic N) is 1. The Hall–Kier alpha value is -1.42. The Labute approximate surface area is 108 Å². The van der Waals surface area contributed by atoms with Gasteiger partial charge in [0.15, 0.2) is 0 Å². The molecule has 98 valence electrons. The third kappa shape index (κ3) is 3.07. The number of rotatable bonds is 6. The average molecular weight is 248 g/mol. The maximum atomic E-state index is 10.9. The molecule has 0 aliphatic heterocycles. The molecular weight excluding hydrogens is 228 g/mol. The van der Waals surface area contributed by atoms with Gasteiger partial charge in [0.25, 0.3) is 5.69 Å². The SMILES string of the molecule is CC(NCCC1CCC1)c1ccccc1[N+](=O)[O-]. The normalized spacial score (nSPS) is 17.2. The highest BCUT2D eigenvalue weighted by Crippen LogP contribution is 2.29. The van der Waals surface area contributed by atoms with Crippen molar-refractivity contribution in [3.8, 4) is 0 Å². The van der Waals surface area contributed by atoms with Crippen molar-refractivity contribution in [2.45, 2.75) is 38.6 Å². The summed E-state index contributed by atoms with van der Waals surface area (Å²) in [6.45, 7) is 2.93. The molecule has 1 atom stereocenters. The minimum Gasteiger partial charge on any atom is -0.310 e. The molecule has 0 saturated heterocycles. The molecule has 1 unspecified atom stereocenters. The summed E-state index contributed by atoms with van der Waals surface area (Å²) < 4.78 is 0. The molecule has 0 heterocycles. The first-order valence-corrected chi connectivity index (χ1v) is 6.65. The summed E-state index contributed by atoms with van der Waals surface area (Å²) in [5.41, 5.74) is 0.984. The Morgan fingerprint density at radius 1 is 1.44 bits per heavy atom. The largest absolute Gasteiger partial charge is 0.310 e. The summed E-state index contributed by atoms with van der Waals surface area (Å²) in [6, 6.07) is 7.00. The molecule has 18 heavy (non-hydrogen) atoms. The lowest BCUT2D eigenvalue weighted by Gasteiger charge is -2.26. The molecule has 0 aromatic heterocycles. The van der Waals surface area contributed by atoms with E-state index in [4.69, 9.17) is 0 Å². The standard InChI is InChI=1S/C14H20N2O2/c1-11(15-10-9-12-5-4-6-12)13-7-2-3-8-14(13)16(17)18/h2-3,7-8,11-12,15H,4-6,9-10H2,1H3. The van der Waals surface area contributed by atoms with Gasteiger partial charge in [0.2, 0.25) is 0 Å². The molecule has 1 aliphatic rings. The van der Waals surface area contributed by atoms with E-state index in [1.165, 1.54) is 25.7 Å². The average Bonchev–Trinajstić information content (AvgIpc) is 2.32. The number of nitro groups is 1. The Kier molecular flexibility index (Phi) is 4.31. The molecule has 4 heteroatoms. The second-order valence-corrected chi connectivity index (χ2v) is 5.08. The minimum atomic E-state index is -0.306. The predicted molar refractivity (Wildman–Crippen MR) is 71.5 cm³/mol. The summed E-state index contributed by atoms with van der Waals surface area (Å²) in [6.07, 6.45) is 5.25. The molecular formula is C14H20N2O2. The molecule has 1 aliphatic carbocycles. The van der Waals surface area contributed by atoms with E-state index < -0.39 is 0 Å². The quantitative estimate of drug-likeness (QED) is 0.619. The molecule has 4 nitrogen and oxygen atoms in total. The van der Waals surface area contributed by atoms with Gasteiger partial charge >= 0.3 is 0 Å². The monoisotopic (exact) mass is 248 g/mol. The van der Waals surface area contributed by atoms with Gasteiger partial charge < -0.3 is 5.32 Å².